The van der Waals surface area contributed by atoms with Gasteiger partial charge in [-0.3, -0.25) is 0 Å². The standard InChI is InChI=1S/C62H37NO3/c1-4-18-47-41(15-1)43-32-29-39(36-53(43)61(47)49-20-6-11-25-57(49)65-58-26-12-7-21-50(58)61)63(38-31-34-56-46(35-38)45-17-3-10-24-55(45)64-56)40-30-33-44-42-16-2-5-19-48(42)62(54(44)37-40)51-22-8-13-27-59(51)66-60-28-14-9-23-52(60)62/h1-37H. The molecule has 15 rings (SSSR count). The molecule has 0 atom stereocenters. The Morgan fingerprint density at radius 3 is 1.14 bits per heavy atom. The van der Waals surface area contributed by atoms with Gasteiger partial charge in [-0.1, -0.05) is 152 Å². The number of hydrogen-bond acceptors (Lipinski definition) is 4. The van der Waals surface area contributed by atoms with Gasteiger partial charge in [-0.2, -0.15) is 0 Å². The number of benzene rings is 10. The molecule has 3 heterocycles. The van der Waals surface area contributed by atoms with Gasteiger partial charge < -0.3 is 18.8 Å². The third-order valence-corrected chi connectivity index (χ3v) is 14.8. The molecule has 66 heavy (non-hydrogen) atoms. The molecule has 0 amide bonds. The molecule has 11 aromatic rings. The summed E-state index contributed by atoms with van der Waals surface area (Å²) < 4.78 is 19.9. The molecule has 4 aliphatic rings. The van der Waals surface area contributed by atoms with Crippen LogP contribution in [0.2, 0.25) is 0 Å². The Hall–Kier alpha value is -8.60. The first-order valence-corrected chi connectivity index (χ1v) is 22.7. The molecule has 308 valence electrons. The number of anilines is 3. The van der Waals surface area contributed by atoms with E-state index >= 15 is 0 Å². The van der Waals surface area contributed by atoms with Gasteiger partial charge in [0.05, 0.1) is 10.8 Å². The molecule has 0 saturated carbocycles. The Balaban J connectivity index is 1.03. The average molecular weight is 844 g/mol. The Kier molecular flexibility index (Phi) is 7.05. The van der Waals surface area contributed by atoms with Crippen molar-refractivity contribution in [2.45, 2.75) is 10.8 Å². The number of furan rings is 1. The highest BCUT2D eigenvalue weighted by atomic mass is 16.5. The Morgan fingerprint density at radius 1 is 0.273 bits per heavy atom. The van der Waals surface area contributed by atoms with Crippen molar-refractivity contribution < 1.29 is 13.9 Å². The molecule has 10 aromatic carbocycles. The Morgan fingerprint density at radius 2 is 0.636 bits per heavy atom. The van der Waals surface area contributed by atoms with Crippen LogP contribution in [0, 0.1) is 0 Å². The highest BCUT2D eigenvalue weighted by Gasteiger charge is 2.53. The number of fused-ring (bicyclic) bond motifs is 21. The second kappa shape index (κ2) is 13.0. The zero-order valence-electron chi connectivity index (χ0n) is 35.5. The Labute approximate surface area is 381 Å². The summed E-state index contributed by atoms with van der Waals surface area (Å²) in [6.45, 7) is 0. The first kappa shape index (κ1) is 35.8. The van der Waals surface area contributed by atoms with Gasteiger partial charge in [0.25, 0.3) is 0 Å². The van der Waals surface area contributed by atoms with E-state index in [-0.39, 0.29) is 0 Å². The smallest absolute Gasteiger partial charge is 0.135 e. The van der Waals surface area contributed by atoms with E-state index in [9.17, 15) is 0 Å². The maximum atomic E-state index is 6.72. The van der Waals surface area contributed by atoms with Crippen LogP contribution in [0.25, 0.3) is 44.2 Å². The van der Waals surface area contributed by atoms with Crippen molar-refractivity contribution in [3.05, 3.63) is 269 Å². The zero-order chi connectivity index (χ0) is 43.1. The number of hydrogen-bond donors (Lipinski definition) is 0. The molecule has 0 saturated heterocycles. The number of nitrogens with zero attached hydrogens (tertiary/aromatic N) is 1. The normalized spacial score (nSPS) is 14.5. The van der Waals surface area contributed by atoms with Crippen LogP contribution in [-0.4, -0.2) is 0 Å². The van der Waals surface area contributed by atoms with Crippen molar-refractivity contribution in [1.82, 2.24) is 0 Å². The summed E-state index contributed by atoms with van der Waals surface area (Å²) >= 11 is 0. The lowest BCUT2D eigenvalue weighted by Gasteiger charge is -2.40. The molecular formula is C62H37NO3. The van der Waals surface area contributed by atoms with Gasteiger partial charge in [0.1, 0.15) is 34.2 Å². The van der Waals surface area contributed by atoms with Crippen LogP contribution >= 0.6 is 0 Å². The summed E-state index contributed by atoms with van der Waals surface area (Å²) in [7, 11) is 0. The highest BCUT2D eigenvalue weighted by molar-refractivity contribution is 6.07. The molecule has 1 aromatic heterocycles. The third-order valence-electron chi connectivity index (χ3n) is 14.8. The van der Waals surface area contributed by atoms with Crippen LogP contribution in [0.1, 0.15) is 44.5 Å². The molecule has 4 heteroatoms. The van der Waals surface area contributed by atoms with Gasteiger partial charge in [0.2, 0.25) is 0 Å². The van der Waals surface area contributed by atoms with E-state index in [1.54, 1.807) is 0 Å². The summed E-state index contributed by atoms with van der Waals surface area (Å²) in [5, 5.41) is 2.16. The summed E-state index contributed by atoms with van der Waals surface area (Å²) in [6, 6.07) is 81.3. The average Bonchev–Trinajstić information content (AvgIpc) is 3.99. The molecule has 0 fully saturated rings. The fraction of sp³-hybridized carbons (Fsp3) is 0.0323. The zero-order valence-corrected chi connectivity index (χ0v) is 35.5. The minimum Gasteiger partial charge on any atom is -0.457 e. The maximum Gasteiger partial charge on any atom is 0.135 e. The van der Waals surface area contributed by atoms with E-state index in [0.717, 1.165) is 84.3 Å². The second-order valence-electron chi connectivity index (χ2n) is 17.9. The summed E-state index contributed by atoms with van der Waals surface area (Å²) in [6.07, 6.45) is 0. The van der Waals surface area contributed by atoms with Gasteiger partial charge in [-0.25, -0.2) is 0 Å². The van der Waals surface area contributed by atoms with E-state index in [0.29, 0.717) is 0 Å². The van der Waals surface area contributed by atoms with Crippen molar-refractivity contribution in [2.24, 2.45) is 0 Å². The lowest BCUT2D eigenvalue weighted by Crippen LogP contribution is -2.32. The van der Waals surface area contributed by atoms with Crippen molar-refractivity contribution in [1.29, 1.82) is 0 Å². The molecule has 0 unspecified atom stereocenters. The van der Waals surface area contributed by atoms with Gasteiger partial charge in [0, 0.05) is 50.1 Å². The summed E-state index contributed by atoms with van der Waals surface area (Å²) in [5.74, 6) is 3.50. The van der Waals surface area contributed by atoms with Crippen molar-refractivity contribution >= 4 is 39.0 Å². The Bertz CT molecular complexity index is 3590. The van der Waals surface area contributed by atoms with Crippen molar-refractivity contribution in [3.8, 4) is 45.3 Å². The number of rotatable bonds is 3. The summed E-state index contributed by atoms with van der Waals surface area (Å²) in [4.78, 5) is 2.45. The highest BCUT2D eigenvalue weighted by Crippen LogP contribution is 2.65. The van der Waals surface area contributed by atoms with E-state index in [1.807, 2.05) is 6.07 Å². The molecule has 2 spiro atoms. The molecule has 2 aliphatic heterocycles. The largest absolute Gasteiger partial charge is 0.457 e. The molecule has 4 nitrogen and oxygen atoms in total. The van der Waals surface area contributed by atoms with Gasteiger partial charge in [-0.15, -0.1) is 0 Å². The molecule has 2 aliphatic carbocycles. The fourth-order valence-corrected chi connectivity index (χ4v) is 12.3. The SMILES string of the molecule is c1ccc2c(c1)Oc1ccccc1C21c2ccccc2-c2ccc(N(c3ccc4c(c3)C3(c5ccccc5Oc5ccccc53)c3ccccc3-4)c3ccc4oc5ccccc5c4c3)cc21. The lowest BCUT2D eigenvalue weighted by molar-refractivity contribution is 0.436. The van der Waals surface area contributed by atoms with Crippen LogP contribution in [0.15, 0.2) is 229 Å². The maximum absolute atomic E-state index is 6.72. The fourth-order valence-electron chi connectivity index (χ4n) is 12.3. The van der Waals surface area contributed by atoms with Crippen LogP contribution in [-0.2, 0) is 10.8 Å². The monoisotopic (exact) mass is 843 g/mol. The van der Waals surface area contributed by atoms with Crippen LogP contribution < -0.4 is 14.4 Å². The van der Waals surface area contributed by atoms with Crippen LogP contribution in [0.5, 0.6) is 23.0 Å². The van der Waals surface area contributed by atoms with E-state index < -0.39 is 10.8 Å². The molecule has 0 bridgehead atoms. The van der Waals surface area contributed by atoms with Gasteiger partial charge >= 0.3 is 0 Å². The van der Waals surface area contributed by atoms with E-state index in [4.69, 9.17) is 13.9 Å². The minimum absolute atomic E-state index is 0.622. The number of ether oxygens (including phenoxy) is 2. The molecule has 0 N–H and O–H groups in total. The van der Waals surface area contributed by atoms with Crippen LogP contribution in [0.3, 0.4) is 0 Å². The summed E-state index contributed by atoms with van der Waals surface area (Å²) in [5.41, 5.74) is 18.0. The van der Waals surface area contributed by atoms with Gasteiger partial charge in [0.15, 0.2) is 0 Å². The first-order valence-electron chi connectivity index (χ1n) is 22.7. The third kappa shape index (κ3) is 4.48. The van der Waals surface area contributed by atoms with E-state index in [1.165, 1.54) is 44.5 Å². The quantitative estimate of drug-likeness (QED) is 0.177. The first-order chi connectivity index (χ1) is 32.7. The predicted molar refractivity (Wildman–Crippen MR) is 263 cm³/mol. The minimum atomic E-state index is -0.622. The predicted octanol–water partition coefficient (Wildman–Crippen LogP) is 16.0. The van der Waals surface area contributed by atoms with E-state index in [2.05, 4.69) is 223 Å². The van der Waals surface area contributed by atoms with Crippen LogP contribution in [0.4, 0.5) is 17.1 Å². The second-order valence-corrected chi connectivity index (χ2v) is 17.9. The number of para-hydroxylation sites is 5. The molecule has 0 radical (unpaired) electrons. The topological polar surface area (TPSA) is 34.8 Å². The van der Waals surface area contributed by atoms with Crippen molar-refractivity contribution in [3.63, 3.8) is 0 Å². The molecular weight excluding hydrogens is 807 g/mol. The van der Waals surface area contributed by atoms with Crippen molar-refractivity contribution in [2.75, 3.05) is 4.90 Å². The van der Waals surface area contributed by atoms with Gasteiger partial charge in [-0.05, 0) is 117 Å². The lowest BCUT2D eigenvalue weighted by atomic mass is 9.66.